The fraction of sp³-hybridized carbons (Fsp3) is 0.125. The van der Waals surface area contributed by atoms with E-state index in [1.807, 2.05) is 37.3 Å². The van der Waals surface area contributed by atoms with Crippen molar-refractivity contribution in [1.29, 1.82) is 0 Å². The predicted molar refractivity (Wildman–Crippen MR) is 78.9 cm³/mol. The second kappa shape index (κ2) is 4.63. The van der Waals surface area contributed by atoms with Crippen molar-refractivity contribution in [2.75, 3.05) is 0 Å². The van der Waals surface area contributed by atoms with E-state index < -0.39 is 0 Å². The highest BCUT2D eigenvalue weighted by Gasteiger charge is 2.13. The number of hydrogen-bond donors (Lipinski definition) is 1. The monoisotopic (exact) mass is 271 g/mol. The number of rotatable bonds is 2. The molecule has 1 heterocycles. The quantitative estimate of drug-likeness (QED) is 0.736. The summed E-state index contributed by atoms with van der Waals surface area (Å²) in [6.45, 7) is 2.66. The molecule has 0 bridgehead atoms. The Balaban J connectivity index is 2.16. The van der Waals surface area contributed by atoms with Gasteiger partial charge in [-0.2, -0.15) is 0 Å². The summed E-state index contributed by atoms with van der Waals surface area (Å²) < 4.78 is 2.11. The third-order valence-corrected chi connectivity index (χ3v) is 3.67. The predicted octanol–water partition coefficient (Wildman–Crippen LogP) is 4.36. The minimum atomic E-state index is 0.313. The highest BCUT2D eigenvalue weighted by molar-refractivity contribution is 6.31. The number of benzene rings is 2. The molecule has 96 valence electrons. The van der Waals surface area contributed by atoms with Crippen LogP contribution in [-0.4, -0.2) is 9.67 Å². The van der Waals surface area contributed by atoms with Gasteiger partial charge in [-0.25, -0.2) is 0 Å². The number of aromatic hydroxyl groups is 1. The standard InChI is InChI=1S/C16H14ClNO/c1-11-16(19)14-9-13(17)7-8-15(14)18(11)10-12-5-3-2-4-6-12/h2-9,19H,10H2,1H3. The average Bonchev–Trinajstić information content (AvgIpc) is 2.65. The highest BCUT2D eigenvalue weighted by Crippen LogP contribution is 2.33. The van der Waals surface area contributed by atoms with Gasteiger partial charge in [0.2, 0.25) is 0 Å². The van der Waals surface area contributed by atoms with Crippen LogP contribution in [0.25, 0.3) is 10.9 Å². The van der Waals surface area contributed by atoms with Crippen LogP contribution in [0.4, 0.5) is 0 Å². The van der Waals surface area contributed by atoms with Crippen molar-refractivity contribution in [2.24, 2.45) is 0 Å². The largest absolute Gasteiger partial charge is 0.505 e. The van der Waals surface area contributed by atoms with Crippen molar-refractivity contribution < 1.29 is 5.11 Å². The third kappa shape index (κ3) is 2.08. The average molecular weight is 272 g/mol. The van der Waals surface area contributed by atoms with Crippen LogP contribution in [0.15, 0.2) is 48.5 Å². The van der Waals surface area contributed by atoms with E-state index >= 15 is 0 Å². The maximum atomic E-state index is 10.2. The van der Waals surface area contributed by atoms with Gasteiger partial charge >= 0.3 is 0 Å². The molecule has 0 atom stereocenters. The SMILES string of the molecule is Cc1c(O)c2cc(Cl)ccc2n1Cc1ccccc1. The molecule has 0 unspecified atom stereocenters. The summed E-state index contributed by atoms with van der Waals surface area (Å²) in [6, 6.07) is 15.8. The topological polar surface area (TPSA) is 25.2 Å². The normalized spacial score (nSPS) is 11.1. The van der Waals surface area contributed by atoms with Crippen LogP contribution in [-0.2, 0) is 6.54 Å². The van der Waals surface area contributed by atoms with Gasteiger partial charge in [0.15, 0.2) is 0 Å². The fourth-order valence-electron chi connectivity index (χ4n) is 2.41. The van der Waals surface area contributed by atoms with Crippen LogP contribution in [0.2, 0.25) is 5.02 Å². The number of nitrogens with zero attached hydrogens (tertiary/aromatic N) is 1. The van der Waals surface area contributed by atoms with E-state index in [9.17, 15) is 5.11 Å². The molecule has 0 fully saturated rings. The molecule has 0 saturated carbocycles. The smallest absolute Gasteiger partial charge is 0.144 e. The summed E-state index contributed by atoms with van der Waals surface area (Å²) in [5.41, 5.74) is 3.07. The molecule has 2 aromatic carbocycles. The molecule has 0 radical (unpaired) electrons. The Bertz CT molecular complexity index is 731. The summed E-state index contributed by atoms with van der Waals surface area (Å²) in [5.74, 6) is 0.313. The molecule has 3 heteroatoms. The second-order valence-corrected chi connectivity index (χ2v) is 5.10. The lowest BCUT2D eigenvalue weighted by Crippen LogP contribution is -2.01. The van der Waals surface area contributed by atoms with Crippen LogP contribution in [0.5, 0.6) is 5.75 Å². The number of halogens is 1. The summed E-state index contributed by atoms with van der Waals surface area (Å²) in [6.07, 6.45) is 0. The molecular weight excluding hydrogens is 258 g/mol. The van der Waals surface area contributed by atoms with Crippen molar-refractivity contribution in [3.05, 3.63) is 64.8 Å². The molecular formula is C16H14ClNO. The van der Waals surface area contributed by atoms with Crippen molar-refractivity contribution >= 4 is 22.5 Å². The first-order valence-electron chi connectivity index (χ1n) is 6.18. The van der Waals surface area contributed by atoms with Gasteiger partial charge in [0.05, 0.1) is 11.2 Å². The van der Waals surface area contributed by atoms with Crippen LogP contribution in [0.1, 0.15) is 11.3 Å². The first kappa shape index (κ1) is 12.1. The third-order valence-electron chi connectivity index (χ3n) is 3.44. The Morgan fingerprint density at radius 2 is 1.84 bits per heavy atom. The molecule has 3 aromatic rings. The molecule has 1 N–H and O–H groups in total. The van der Waals surface area contributed by atoms with Gasteiger partial charge < -0.3 is 9.67 Å². The van der Waals surface area contributed by atoms with Crippen LogP contribution < -0.4 is 0 Å². The van der Waals surface area contributed by atoms with Crippen molar-refractivity contribution in [1.82, 2.24) is 4.57 Å². The molecule has 0 saturated heterocycles. The van der Waals surface area contributed by atoms with E-state index in [1.54, 1.807) is 6.07 Å². The van der Waals surface area contributed by atoms with Gasteiger partial charge in [-0.05, 0) is 30.7 Å². The Labute approximate surface area is 116 Å². The first-order chi connectivity index (χ1) is 9.16. The molecule has 0 aliphatic carbocycles. The Morgan fingerprint density at radius 1 is 1.11 bits per heavy atom. The molecule has 2 nitrogen and oxygen atoms in total. The zero-order valence-corrected chi connectivity index (χ0v) is 11.4. The van der Waals surface area contributed by atoms with E-state index in [0.29, 0.717) is 10.8 Å². The van der Waals surface area contributed by atoms with Gasteiger partial charge in [-0.3, -0.25) is 0 Å². The summed E-state index contributed by atoms with van der Waals surface area (Å²) in [5, 5.41) is 11.6. The summed E-state index contributed by atoms with van der Waals surface area (Å²) in [7, 11) is 0. The molecule has 0 amide bonds. The van der Waals surface area contributed by atoms with Crippen LogP contribution >= 0.6 is 11.6 Å². The lowest BCUT2D eigenvalue weighted by molar-refractivity contribution is 0.473. The second-order valence-electron chi connectivity index (χ2n) is 4.67. The van der Waals surface area contributed by atoms with Gasteiger partial charge in [0, 0.05) is 17.0 Å². The highest BCUT2D eigenvalue weighted by atomic mass is 35.5. The van der Waals surface area contributed by atoms with E-state index in [1.165, 1.54) is 5.56 Å². The lowest BCUT2D eigenvalue weighted by atomic mass is 10.2. The fourth-order valence-corrected chi connectivity index (χ4v) is 2.58. The van der Waals surface area contributed by atoms with E-state index in [2.05, 4.69) is 16.7 Å². The Kier molecular flexibility index (Phi) is 2.96. The lowest BCUT2D eigenvalue weighted by Gasteiger charge is -2.08. The Morgan fingerprint density at radius 3 is 2.58 bits per heavy atom. The molecule has 0 aliphatic rings. The van der Waals surface area contributed by atoms with Crippen molar-refractivity contribution in [3.8, 4) is 5.75 Å². The summed E-state index contributed by atoms with van der Waals surface area (Å²) >= 11 is 5.99. The van der Waals surface area contributed by atoms with Gasteiger partial charge in [0.1, 0.15) is 5.75 Å². The van der Waals surface area contributed by atoms with Crippen LogP contribution in [0, 0.1) is 6.92 Å². The zero-order valence-electron chi connectivity index (χ0n) is 10.6. The molecule has 3 rings (SSSR count). The molecule has 19 heavy (non-hydrogen) atoms. The number of hydrogen-bond acceptors (Lipinski definition) is 1. The summed E-state index contributed by atoms with van der Waals surface area (Å²) in [4.78, 5) is 0. The maximum absolute atomic E-state index is 10.2. The minimum absolute atomic E-state index is 0.313. The van der Waals surface area contributed by atoms with E-state index in [4.69, 9.17) is 11.6 Å². The van der Waals surface area contributed by atoms with Gasteiger partial charge in [-0.15, -0.1) is 0 Å². The minimum Gasteiger partial charge on any atom is -0.505 e. The first-order valence-corrected chi connectivity index (χ1v) is 6.56. The zero-order chi connectivity index (χ0) is 13.4. The van der Waals surface area contributed by atoms with Crippen molar-refractivity contribution in [2.45, 2.75) is 13.5 Å². The van der Waals surface area contributed by atoms with E-state index in [-0.39, 0.29) is 0 Å². The molecule has 0 spiro atoms. The molecule has 1 aromatic heterocycles. The van der Waals surface area contributed by atoms with Crippen LogP contribution in [0.3, 0.4) is 0 Å². The van der Waals surface area contributed by atoms with E-state index in [0.717, 1.165) is 23.1 Å². The number of aromatic nitrogens is 1. The molecule has 0 aliphatic heterocycles. The Hall–Kier alpha value is -1.93. The van der Waals surface area contributed by atoms with Gasteiger partial charge in [0.25, 0.3) is 0 Å². The number of fused-ring (bicyclic) bond motifs is 1. The van der Waals surface area contributed by atoms with Gasteiger partial charge in [-0.1, -0.05) is 41.9 Å². The maximum Gasteiger partial charge on any atom is 0.144 e. The van der Waals surface area contributed by atoms with Crippen molar-refractivity contribution in [3.63, 3.8) is 0 Å².